The molecule has 0 aromatic carbocycles. The van der Waals surface area contributed by atoms with Crippen LogP contribution >= 0.6 is 0 Å². The van der Waals surface area contributed by atoms with Gasteiger partial charge in [0.15, 0.2) is 0 Å². The van der Waals surface area contributed by atoms with Gasteiger partial charge in [-0.1, -0.05) is 5.16 Å². The number of hydrogen-bond donors (Lipinski definition) is 1. The van der Waals surface area contributed by atoms with Crippen LogP contribution in [-0.2, 0) is 16.1 Å². The Labute approximate surface area is 136 Å². The van der Waals surface area contributed by atoms with Gasteiger partial charge >= 0.3 is 0 Å². The molecule has 2 saturated heterocycles. The van der Waals surface area contributed by atoms with Gasteiger partial charge in [0.25, 0.3) is 0 Å². The zero-order valence-electron chi connectivity index (χ0n) is 13.7. The fourth-order valence-corrected chi connectivity index (χ4v) is 3.66. The van der Waals surface area contributed by atoms with Crippen LogP contribution in [-0.4, -0.2) is 47.8 Å². The van der Waals surface area contributed by atoms with E-state index in [0.717, 1.165) is 69.9 Å². The smallest absolute Gasteiger partial charge is 0.223 e. The van der Waals surface area contributed by atoms with Crippen LogP contribution in [0.4, 0.5) is 0 Å². The molecule has 1 atom stereocenters. The summed E-state index contributed by atoms with van der Waals surface area (Å²) in [6.45, 7) is 6.24. The summed E-state index contributed by atoms with van der Waals surface area (Å²) in [7, 11) is 0. The molecule has 2 aliphatic heterocycles. The molecule has 0 radical (unpaired) electrons. The lowest BCUT2D eigenvalue weighted by Crippen LogP contribution is -2.64. The molecule has 1 aromatic rings. The lowest BCUT2D eigenvalue weighted by atomic mass is 9.83. The summed E-state index contributed by atoms with van der Waals surface area (Å²) in [5, 5.41) is 7.12. The molecule has 1 amide bonds. The van der Waals surface area contributed by atoms with E-state index >= 15 is 0 Å². The van der Waals surface area contributed by atoms with Crippen molar-refractivity contribution in [1.82, 2.24) is 15.4 Å². The number of aromatic nitrogens is 1. The van der Waals surface area contributed by atoms with Gasteiger partial charge in [-0.05, 0) is 38.5 Å². The molecule has 1 aliphatic carbocycles. The number of amides is 1. The fraction of sp³-hybridized carbons (Fsp3) is 0.765. The highest BCUT2D eigenvalue weighted by atomic mass is 16.5. The minimum absolute atomic E-state index is 0.0375. The molecule has 1 N–H and O–H groups in total. The first-order chi connectivity index (χ1) is 11.1. The summed E-state index contributed by atoms with van der Waals surface area (Å²) in [6.07, 6.45) is 4.36. The molecule has 0 bridgehead atoms. The Kier molecular flexibility index (Phi) is 3.89. The summed E-state index contributed by atoms with van der Waals surface area (Å²) in [5.74, 6) is 1.87. The Balaban J connectivity index is 1.18. The molecule has 3 heterocycles. The van der Waals surface area contributed by atoms with E-state index in [1.165, 1.54) is 0 Å². The third-order valence-corrected chi connectivity index (χ3v) is 5.23. The van der Waals surface area contributed by atoms with Crippen molar-refractivity contribution in [3.63, 3.8) is 0 Å². The first-order valence-electron chi connectivity index (χ1n) is 8.68. The third kappa shape index (κ3) is 3.43. The first-order valence-corrected chi connectivity index (χ1v) is 8.68. The molecule has 1 spiro atoms. The molecule has 3 fully saturated rings. The van der Waals surface area contributed by atoms with E-state index in [2.05, 4.69) is 15.4 Å². The van der Waals surface area contributed by atoms with E-state index in [1.54, 1.807) is 0 Å². The Hall–Kier alpha value is -1.40. The molecule has 6 nitrogen and oxygen atoms in total. The normalized spacial score (nSPS) is 26.9. The predicted octanol–water partition coefficient (Wildman–Crippen LogP) is 1.49. The van der Waals surface area contributed by atoms with Gasteiger partial charge in [-0.25, -0.2) is 0 Å². The quantitative estimate of drug-likeness (QED) is 0.890. The molecule has 23 heavy (non-hydrogen) atoms. The third-order valence-electron chi connectivity index (χ3n) is 5.23. The number of hydrogen-bond acceptors (Lipinski definition) is 5. The average molecular weight is 319 g/mol. The van der Waals surface area contributed by atoms with Crippen molar-refractivity contribution in [3.05, 3.63) is 17.5 Å². The number of nitrogens with one attached hydrogen (secondary N) is 1. The molecule has 1 aromatic heterocycles. The Bertz CT molecular complexity index is 565. The van der Waals surface area contributed by atoms with Gasteiger partial charge in [0.2, 0.25) is 5.91 Å². The maximum Gasteiger partial charge on any atom is 0.223 e. The van der Waals surface area contributed by atoms with Crippen molar-refractivity contribution in [3.8, 4) is 0 Å². The maximum atomic E-state index is 11.7. The fourth-order valence-electron chi connectivity index (χ4n) is 3.66. The molecule has 126 valence electrons. The summed E-state index contributed by atoms with van der Waals surface area (Å²) >= 11 is 0. The van der Waals surface area contributed by atoms with Crippen LogP contribution in [0, 0.1) is 18.8 Å². The van der Waals surface area contributed by atoms with Crippen molar-refractivity contribution in [2.45, 2.75) is 44.8 Å². The van der Waals surface area contributed by atoms with Gasteiger partial charge in [-0.3, -0.25) is 9.69 Å². The lowest BCUT2D eigenvalue weighted by Gasteiger charge is -2.52. The van der Waals surface area contributed by atoms with E-state index in [9.17, 15) is 4.79 Å². The van der Waals surface area contributed by atoms with Crippen LogP contribution in [0.3, 0.4) is 0 Å². The van der Waals surface area contributed by atoms with Crippen LogP contribution in [0.25, 0.3) is 0 Å². The zero-order valence-corrected chi connectivity index (χ0v) is 13.7. The van der Waals surface area contributed by atoms with Crippen molar-refractivity contribution in [2.75, 3.05) is 26.2 Å². The lowest BCUT2D eigenvalue weighted by molar-refractivity contribution is -0.181. The number of carbonyl (C=O) groups is 1. The van der Waals surface area contributed by atoms with Crippen LogP contribution in [0.15, 0.2) is 10.6 Å². The Morgan fingerprint density at radius 2 is 2.26 bits per heavy atom. The minimum Gasteiger partial charge on any atom is -0.372 e. The zero-order chi connectivity index (χ0) is 15.9. The molecular weight excluding hydrogens is 294 g/mol. The number of nitrogens with zero attached hydrogens (tertiary/aromatic N) is 2. The average Bonchev–Trinajstić information content (AvgIpc) is 3.28. The number of aryl methyl sites for hydroxylation is 1. The molecule has 3 aliphatic rings. The Morgan fingerprint density at radius 1 is 1.43 bits per heavy atom. The van der Waals surface area contributed by atoms with Crippen LogP contribution in [0.2, 0.25) is 0 Å². The van der Waals surface area contributed by atoms with Gasteiger partial charge in [-0.2, -0.15) is 0 Å². The first kappa shape index (κ1) is 15.1. The highest BCUT2D eigenvalue weighted by molar-refractivity contribution is 5.80. The second kappa shape index (κ2) is 5.91. The van der Waals surface area contributed by atoms with Gasteiger partial charge < -0.3 is 14.6 Å². The van der Waals surface area contributed by atoms with Crippen molar-refractivity contribution < 1.29 is 14.1 Å². The van der Waals surface area contributed by atoms with E-state index in [-0.39, 0.29) is 11.5 Å². The minimum atomic E-state index is 0.0375. The van der Waals surface area contributed by atoms with Gasteiger partial charge in [0.1, 0.15) is 5.76 Å². The van der Waals surface area contributed by atoms with Crippen LogP contribution in [0.5, 0.6) is 0 Å². The predicted molar refractivity (Wildman–Crippen MR) is 83.7 cm³/mol. The topological polar surface area (TPSA) is 67.6 Å². The van der Waals surface area contributed by atoms with E-state index < -0.39 is 0 Å². The van der Waals surface area contributed by atoms with Crippen LogP contribution < -0.4 is 5.32 Å². The monoisotopic (exact) mass is 319 g/mol. The molecular formula is C17H25N3O3. The summed E-state index contributed by atoms with van der Waals surface area (Å²) in [5.41, 5.74) is 1.03. The number of rotatable bonds is 5. The second-order valence-corrected chi connectivity index (χ2v) is 7.49. The largest absolute Gasteiger partial charge is 0.372 e. The highest BCUT2D eigenvalue weighted by Crippen LogP contribution is 2.36. The molecule has 6 heteroatoms. The standard InChI is InChI=1S/C17H25N3O3/c1-12-6-15(19-23-12)8-20-10-17(11-20)5-4-13(9-22-17)7-18-16(21)14-2-3-14/h6,13-14H,2-5,7-11H2,1H3,(H,18,21). The van der Waals surface area contributed by atoms with Gasteiger partial charge in [-0.15, -0.1) is 0 Å². The van der Waals surface area contributed by atoms with E-state index in [4.69, 9.17) is 9.26 Å². The molecule has 1 unspecified atom stereocenters. The Morgan fingerprint density at radius 3 is 2.87 bits per heavy atom. The maximum absolute atomic E-state index is 11.7. The summed E-state index contributed by atoms with van der Waals surface area (Å²) in [4.78, 5) is 14.0. The molecule has 4 rings (SSSR count). The van der Waals surface area contributed by atoms with Gasteiger partial charge in [0, 0.05) is 38.2 Å². The summed E-state index contributed by atoms with van der Waals surface area (Å²) in [6, 6.07) is 1.99. The van der Waals surface area contributed by atoms with Gasteiger partial charge in [0.05, 0.1) is 17.9 Å². The SMILES string of the molecule is Cc1cc(CN2CC3(CCC(CNC(=O)C4CC4)CO3)C2)no1. The highest BCUT2D eigenvalue weighted by Gasteiger charge is 2.46. The number of carbonyl (C=O) groups excluding carboxylic acids is 1. The number of ether oxygens (including phenoxy) is 1. The van der Waals surface area contributed by atoms with Crippen LogP contribution in [0.1, 0.15) is 37.1 Å². The van der Waals surface area contributed by atoms with E-state index in [1.807, 2.05) is 13.0 Å². The number of likely N-dealkylation sites (tertiary alicyclic amines) is 1. The van der Waals surface area contributed by atoms with E-state index in [0.29, 0.717) is 11.8 Å². The summed E-state index contributed by atoms with van der Waals surface area (Å²) < 4.78 is 11.3. The van der Waals surface area contributed by atoms with Crippen molar-refractivity contribution in [1.29, 1.82) is 0 Å². The van der Waals surface area contributed by atoms with Crippen molar-refractivity contribution >= 4 is 5.91 Å². The molecule has 1 saturated carbocycles. The second-order valence-electron chi connectivity index (χ2n) is 7.49. The van der Waals surface area contributed by atoms with Crippen molar-refractivity contribution in [2.24, 2.45) is 11.8 Å².